The average Bonchev–Trinajstić information content (AvgIpc) is 3.12. The quantitative estimate of drug-likeness (QED) is 0.733. The summed E-state index contributed by atoms with van der Waals surface area (Å²) in [7, 11) is 0. The molecule has 3 heterocycles. The molecular formula is C24H27ClFN5O2. The van der Waals surface area contributed by atoms with Crippen molar-refractivity contribution in [3.63, 3.8) is 0 Å². The molecule has 174 valence electrons. The lowest BCUT2D eigenvalue weighted by Crippen LogP contribution is -2.59. The average molecular weight is 472 g/mol. The molecule has 9 heteroatoms. The van der Waals surface area contributed by atoms with Gasteiger partial charge in [-0.1, -0.05) is 11.6 Å². The van der Waals surface area contributed by atoms with E-state index in [4.69, 9.17) is 21.6 Å². The Balaban J connectivity index is 1.31. The molecule has 0 radical (unpaired) electrons. The largest absolute Gasteiger partial charge is 0.376 e. The number of anilines is 2. The topological polar surface area (TPSA) is 81.5 Å². The van der Waals surface area contributed by atoms with Crippen molar-refractivity contribution >= 4 is 39.8 Å². The molecule has 4 unspecified atom stereocenters. The first-order valence-corrected chi connectivity index (χ1v) is 11.8. The summed E-state index contributed by atoms with van der Waals surface area (Å²) in [4.78, 5) is 21.2. The van der Waals surface area contributed by atoms with Gasteiger partial charge < -0.3 is 15.0 Å². The molecule has 1 saturated carbocycles. The molecule has 0 spiro atoms. The number of ether oxygens (including phenoxy) is 1. The van der Waals surface area contributed by atoms with Gasteiger partial charge in [0.1, 0.15) is 12.0 Å². The lowest BCUT2D eigenvalue weighted by molar-refractivity contribution is -0.123. The van der Waals surface area contributed by atoms with E-state index in [1.807, 2.05) is 25.1 Å². The summed E-state index contributed by atoms with van der Waals surface area (Å²) in [6.07, 6.45) is 2.23. The normalized spacial score (nSPS) is 30.1. The number of nitrogens with zero attached hydrogens (tertiary/aromatic N) is 4. The molecule has 1 N–H and O–H groups in total. The van der Waals surface area contributed by atoms with Gasteiger partial charge in [0.2, 0.25) is 5.91 Å². The molecule has 33 heavy (non-hydrogen) atoms. The molecule has 4 atom stereocenters. The third-order valence-electron chi connectivity index (χ3n) is 7.49. The first-order chi connectivity index (χ1) is 15.9. The van der Waals surface area contributed by atoms with E-state index in [9.17, 15) is 9.18 Å². The summed E-state index contributed by atoms with van der Waals surface area (Å²) in [5, 5.41) is 14.4. The second kappa shape index (κ2) is 8.71. The summed E-state index contributed by atoms with van der Waals surface area (Å²) in [5.74, 6) is -0.154. The van der Waals surface area contributed by atoms with Gasteiger partial charge in [-0.05, 0) is 43.4 Å². The molecule has 1 amide bonds. The van der Waals surface area contributed by atoms with Crippen molar-refractivity contribution in [1.82, 2.24) is 9.88 Å². The van der Waals surface area contributed by atoms with E-state index in [0.717, 1.165) is 55.5 Å². The maximum absolute atomic E-state index is 14.4. The predicted octanol–water partition coefficient (Wildman–Crippen LogP) is 3.63. The minimum Gasteiger partial charge on any atom is -0.376 e. The maximum Gasteiger partial charge on any atom is 0.229 e. The van der Waals surface area contributed by atoms with Crippen LogP contribution in [0.25, 0.3) is 10.8 Å². The number of hydrogen-bond donors (Lipinski definition) is 1. The van der Waals surface area contributed by atoms with E-state index in [0.29, 0.717) is 17.4 Å². The van der Waals surface area contributed by atoms with Crippen LogP contribution in [-0.4, -0.2) is 66.9 Å². The van der Waals surface area contributed by atoms with E-state index >= 15 is 0 Å². The Labute approximate surface area is 197 Å². The van der Waals surface area contributed by atoms with Gasteiger partial charge in [0.15, 0.2) is 0 Å². The molecule has 2 aliphatic heterocycles. The fourth-order valence-corrected chi connectivity index (χ4v) is 5.33. The number of carbonyl (C=O) groups is 1. The van der Waals surface area contributed by atoms with Crippen LogP contribution >= 0.6 is 11.6 Å². The van der Waals surface area contributed by atoms with Gasteiger partial charge in [-0.2, -0.15) is 5.26 Å². The highest BCUT2D eigenvalue weighted by Gasteiger charge is 2.46. The number of halogens is 2. The number of nitrogens with one attached hydrogen (secondary N) is 1. The molecule has 5 rings (SSSR count). The Kier molecular flexibility index (Phi) is 5.89. The van der Waals surface area contributed by atoms with Crippen LogP contribution in [0.2, 0.25) is 5.02 Å². The molecular weight excluding hydrogens is 445 g/mol. The van der Waals surface area contributed by atoms with Crippen LogP contribution in [0.1, 0.15) is 19.8 Å². The van der Waals surface area contributed by atoms with Gasteiger partial charge in [-0.25, -0.2) is 9.37 Å². The highest BCUT2D eigenvalue weighted by atomic mass is 35.5. The summed E-state index contributed by atoms with van der Waals surface area (Å²) in [5.41, 5.74) is 0.351. The highest BCUT2D eigenvalue weighted by molar-refractivity contribution is 6.34. The second-order valence-electron chi connectivity index (χ2n) is 9.44. The highest BCUT2D eigenvalue weighted by Crippen LogP contribution is 2.36. The summed E-state index contributed by atoms with van der Waals surface area (Å²) >= 11 is 6.61. The fraction of sp³-hybridized carbons (Fsp3) is 0.542. The SMILES string of the molecule is CC1(N2CCN(c3cc4cc(NC(=O)C5CCC5C#N)ncc4cc3Cl)CC2)COCC1F. The monoisotopic (exact) mass is 471 g/mol. The van der Waals surface area contributed by atoms with E-state index in [1.165, 1.54) is 0 Å². The van der Waals surface area contributed by atoms with Gasteiger partial charge in [0, 0.05) is 37.8 Å². The number of rotatable bonds is 4. The number of benzene rings is 1. The maximum atomic E-state index is 14.4. The van der Waals surface area contributed by atoms with Crippen molar-refractivity contribution in [2.75, 3.05) is 49.6 Å². The van der Waals surface area contributed by atoms with E-state index < -0.39 is 11.7 Å². The van der Waals surface area contributed by atoms with Crippen molar-refractivity contribution in [3.05, 3.63) is 29.4 Å². The Morgan fingerprint density at radius 3 is 2.70 bits per heavy atom. The minimum absolute atomic E-state index is 0.152. The van der Waals surface area contributed by atoms with Crippen LogP contribution in [-0.2, 0) is 9.53 Å². The van der Waals surface area contributed by atoms with Crippen LogP contribution in [0, 0.1) is 23.2 Å². The third-order valence-corrected chi connectivity index (χ3v) is 7.79. The van der Waals surface area contributed by atoms with E-state index in [2.05, 4.69) is 26.2 Å². The van der Waals surface area contributed by atoms with Crippen LogP contribution in [0.3, 0.4) is 0 Å². The third kappa shape index (κ3) is 4.03. The summed E-state index contributed by atoms with van der Waals surface area (Å²) in [6.45, 7) is 5.45. The van der Waals surface area contributed by atoms with Crippen molar-refractivity contribution < 1.29 is 13.9 Å². The Morgan fingerprint density at radius 1 is 1.27 bits per heavy atom. The molecule has 2 aromatic rings. The van der Waals surface area contributed by atoms with Crippen molar-refractivity contribution in [3.8, 4) is 6.07 Å². The zero-order valence-corrected chi connectivity index (χ0v) is 19.3. The molecule has 3 fully saturated rings. The van der Waals surface area contributed by atoms with Gasteiger partial charge in [0.05, 0.1) is 47.4 Å². The van der Waals surface area contributed by atoms with Crippen LogP contribution in [0.5, 0.6) is 0 Å². The van der Waals surface area contributed by atoms with E-state index in [1.54, 1.807) is 6.20 Å². The standard InChI is InChI=1S/C24H27ClFN5O2/c1-24(14-33-13-21(24)26)31-6-4-30(5-7-31)20-9-16-10-22(28-12-17(16)8-19(20)25)29-23(32)18-3-2-15(18)11-27/h8-10,12,15,18,21H,2-7,13-14H2,1H3,(H,28,29,32). The molecule has 7 nitrogen and oxygen atoms in total. The second-order valence-corrected chi connectivity index (χ2v) is 9.85. The number of nitriles is 1. The molecule has 1 aliphatic carbocycles. The molecule has 1 aromatic heterocycles. The molecule has 3 aliphatic rings. The number of pyridine rings is 1. The van der Waals surface area contributed by atoms with Gasteiger partial charge in [0.25, 0.3) is 0 Å². The van der Waals surface area contributed by atoms with Crippen LogP contribution < -0.4 is 10.2 Å². The van der Waals surface area contributed by atoms with Crippen molar-refractivity contribution in [2.24, 2.45) is 11.8 Å². The zero-order valence-electron chi connectivity index (χ0n) is 18.6. The minimum atomic E-state index is -0.974. The van der Waals surface area contributed by atoms with Crippen molar-refractivity contribution in [2.45, 2.75) is 31.5 Å². The molecule has 0 bridgehead atoms. The smallest absolute Gasteiger partial charge is 0.229 e. The number of aromatic nitrogens is 1. The number of fused-ring (bicyclic) bond motifs is 1. The van der Waals surface area contributed by atoms with Crippen LogP contribution in [0.15, 0.2) is 24.4 Å². The van der Waals surface area contributed by atoms with Gasteiger partial charge >= 0.3 is 0 Å². The molecule has 2 saturated heterocycles. The van der Waals surface area contributed by atoms with E-state index in [-0.39, 0.29) is 24.3 Å². The predicted molar refractivity (Wildman–Crippen MR) is 125 cm³/mol. The zero-order chi connectivity index (χ0) is 23.2. The Morgan fingerprint density at radius 2 is 2.06 bits per heavy atom. The lowest BCUT2D eigenvalue weighted by Gasteiger charge is -2.44. The lowest BCUT2D eigenvalue weighted by atomic mass is 9.74. The molecule has 1 aromatic carbocycles. The Hall–Kier alpha value is -2.47. The summed E-state index contributed by atoms with van der Waals surface area (Å²) < 4.78 is 19.8. The Bertz CT molecular complexity index is 1120. The fourth-order valence-electron chi connectivity index (χ4n) is 5.04. The van der Waals surface area contributed by atoms with Gasteiger partial charge in [-0.3, -0.25) is 9.69 Å². The number of amides is 1. The first-order valence-electron chi connectivity index (χ1n) is 11.4. The first kappa shape index (κ1) is 22.3. The summed E-state index contributed by atoms with van der Waals surface area (Å²) in [6, 6.07) is 7.94. The van der Waals surface area contributed by atoms with Crippen LogP contribution in [0.4, 0.5) is 15.9 Å². The number of alkyl halides is 1. The number of carbonyl (C=O) groups excluding carboxylic acids is 1. The van der Waals surface area contributed by atoms with Crippen molar-refractivity contribution in [1.29, 1.82) is 5.26 Å². The van der Waals surface area contributed by atoms with Gasteiger partial charge in [-0.15, -0.1) is 0 Å². The number of piperazine rings is 1. The number of hydrogen-bond acceptors (Lipinski definition) is 6.